The Kier molecular flexibility index (Phi) is 4.04. The highest BCUT2D eigenvalue weighted by molar-refractivity contribution is 5.10. The first-order chi connectivity index (χ1) is 12.0. The van der Waals surface area contributed by atoms with Crippen molar-refractivity contribution in [2.24, 2.45) is 35.0 Å². The average molecular weight is 348 g/mol. The third-order valence-electron chi connectivity index (χ3n) is 9.46. The smallest absolute Gasteiger partial charge is 0.174 e. The summed E-state index contributed by atoms with van der Waals surface area (Å²) in [6, 6.07) is 0.835. The number of ether oxygens (including phenoxy) is 2. The van der Waals surface area contributed by atoms with Crippen molar-refractivity contribution < 1.29 is 9.47 Å². The van der Waals surface area contributed by atoms with Gasteiger partial charge in [0.25, 0.3) is 0 Å². The van der Waals surface area contributed by atoms with Gasteiger partial charge in [0.15, 0.2) is 5.79 Å². The molecule has 5 fully saturated rings. The normalized spacial score (nSPS) is 51.4. The number of rotatable bonds is 1. The highest BCUT2D eigenvalue weighted by atomic mass is 16.7. The van der Waals surface area contributed by atoms with E-state index in [0.717, 1.165) is 55.3 Å². The summed E-state index contributed by atoms with van der Waals surface area (Å²) in [5.74, 6) is 4.58. The van der Waals surface area contributed by atoms with E-state index in [1.807, 2.05) is 0 Å². The second-order valence-electron chi connectivity index (χ2n) is 10.3. The minimum absolute atomic E-state index is 0.220. The highest BCUT2D eigenvalue weighted by Crippen LogP contribution is 2.67. The Hall–Kier alpha value is -0.120. The molecule has 0 aromatic heterocycles. The minimum atomic E-state index is -0.220. The van der Waals surface area contributed by atoms with E-state index in [-0.39, 0.29) is 11.2 Å². The van der Waals surface area contributed by atoms with Crippen molar-refractivity contribution in [2.45, 2.75) is 76.5 Å². The number of nitrogens with zero attached hydrogens (tertiary/aromatic N) is 1. The molecule has 0 radical (unpaired) electrons. The molecule has 4 aliphatic carbocycles. The van der Waals surface area contributed by atoms with Crippen LogP contribution in [0.5, 0.6) is 0 Å². The molecule has 0 N–H and O–H groups in total. The largest absolute Gasteiger partial charge is 0.347 e. The highest BCUT2D eigenvalue weighted by Gasteiger charge is 2.65. The van der Waals surface area contributed by atoms with Crippen molar-refractivity contribution >= 4 is 0 Å². The van der Waals surface area contributed by atoms with E-state index in [1.165, 1.54) is 51.4 Å². The lowest BCUT2D eigenvalue weighted by Crippen LogP contribution is -2.54. The van der Waals surface area contributed by atoms with Crippen LogP contribution in [0.15, 0.2) is 0 Å². The van der Waals surface area contributed by atoms with Crippen LogP contribution in [0.25, 0.3) is 0 Å². The predicted octanol–water partition coefficient (Wildman–Crippen LogP) is 4.31. The molecule has 142 valence electrons. The van der Waals surface area contributed by atoms with Gasteiger partial charge in [-0.05, 0) is 95.1 Å². The van der Waals surface area contributed by atoms with Gasteiger partial charge in [0.1, 0.15) is 0 Å². The van der Waals surface area contributed by atoms with Crippen LogP contribution in [-0.2, 0) is 9.47 Å². The first-order valence-electron chi connectivity index (χ1n) is 11.0. The van der Waals surface area contributed by atoms with Crippen LogP contribution in [0.1, 0.15) is 64.7 Å². The molecular formula is C22H37NO2. The van der Waals surface area contributed by atoms with Gasteiger partial charge in [-0.1, -0.05) is 6.92 Å². The molecule has 0 aromatic rings. The van der Waals surface area contributed by atoms with Crippen molar-refractivity contribution in [2.75, 3.05) is 27.3 Å². The maximum absolute atomic E-state index is 6.27. The van der Waals surface area contributed by atoms with Gasteiger partial charge >= 0.3 is 0 Å². The summed E-state index contributed by atoms with van der Waals surface area (Å²) < 4.78 is 12.5. The Morgan fingerprint density at radius 2 is 1.56 bits per heavy atom. The van der Waals surface area contributed by atoms with Crippen LogP contribution in [0.4, 0.5) is 0 Å². The third-order valence-corrected chi connectivity index (χ3v) is 9.46. The summed E-state index contributed by atoms with van der Waals surface area (Å²) in [6.07, 6.45) is 12.6. The molecule has 1 saturated heterocycles. The Morgan fingerprint density at radius 1 is 0.800 bits per heavy atom. The van der Waals surface area contributed by atoms with E-state index in [4.69, 9.17) is 9.47 Å². The van der Waals surface area contributed by atoms with Gasteiger partial charge in [-0.25, -0.2) is 0 Å². The standard InChI is InChI=1S/C22H37NO2/c1-21-10-8-18-17-7-5-16(23(2)3)14-15(17)4-6-19(18)20(21)9-11-22(21)24-12-13-25-22/h15-20H,4-14H2,1-3H3. The molecule has 0 aromatic carbocycles. The molecule has 5 aliphatic rings. The molecule has 0 amide bonds. The van der Waals surface area contributed by atoms with E-state index >= 15 is 0 Å². The Bertz CT molecular complexity index is 514. The zero-order chi connectivity index (χ0) is 17.2. The number of fused-ring (bicyclic) bond motifs is 6. The number of hydrogen-bond acceptors (Lipinski definition) is 3. The van der Waals surface area contributed by atoms with Crippen LogP contribution in [0.3, 0.4) is 0 Å². The maximum Gasteiger partial charge on any atom is 0.174 e. The summed E-state index contributed by atoms with van der Waals surface area (Å²) in [5, 5.41) is 0. The number of hydrogen-bond donors (Lipinski definition) is 0. The van der Waals surface area contributed by atoms with E-state index in [1.54, 1.807) is 0 Å². The Labute approximate surface area is 153 Å². The quantitative estimate of drug-likeness (QED) is 0.705. The van der Waals surface area contributed by atoms with Gasteiger partial charge in [-0.2, -0.15) is 0 Å². The van der Waals surface area contributed by atoms with E-state index in [9.17, 15) is 0 Å². The molecule has 7 unspecified atom stereocenters. The molecule has 3 heteroatoms. The van der Waals surface area contributed by atoms with E-state index < -0.39 is 0 Å². The van der Waals surface area contributed by atoms with Crippen molar-refractivity contribution in [1.82, 2.24) is 4.90 Å². The second kappa shape index (κ2) is 5.94. The Morgan fingerprint density at radius 3 is 2.32 bits per heavy atom. The first-order valence-corrected chi connectivity index (χ1v) is 11.0. The Balaban J connectivity index is 1.36. The molecule has 1 heterocycles. The average Bonchev–Trinajstić information content (AvgIpc) is 3.21. The van der Waals surface area contributed by atoms with Crippen LogP contribution in [0.2, 0.25) is 0 Å². The molecule has 7 atom stereocenters. The molecule has 25 heavy (non-hydrogen) atoms. The zero-order valence-corrected chi connectivity index (χ0v) is 16.5. The van der Waals surface area contributed by atoms with Gasteiger partial charge < -0.3 is 14.4 Å². The van der Waals surface area contributed by atoms with Crippen LogP contribution < -0.4 is 0 Å². The van der Waals surface area contributed by atoms with Gasteiger partial charge in [-0.3, -0.25) is 0 Å². The maximum atomic E-state index is 6.27. The lowest BCUT2D eigenvalue weighted by molar-refractivity contribution is -0.243. The van der Waals surface area contributed by atoms with Gasteiger partial charge in [0.2, 0.25) is 0 Å². The lowest BCUT2D eigenvalue weighted by atomic mass is 9.50. The molecule has 1 spiro atoms. The molecule has 0 bridgehead atoms. The van der Waals surface area contributed by atoms with Crippen LogP contribution in [-0.4, -0.2) is 44.0 Å². The van der Waals surface area contributed by atoms with Crippen LogP contribution >= 0.6 is 0 Å². The fourth-order valence-corrected chi connectivity index (χ4v) is 8.18. The fraction of sp³-hybridized carbons (Fsp3) is 1.00. The van der Waals surface area contributed by atoms with Crippen molar-refractivity contribution in [1.29, 1.82) is 0 Å². The SMILES string of the molecule is CN(C)C1CCC2C(CCC3C2CCC2(C)C3CCC23OCCO3)C1. The van der Waals surface area contributed by atoms with Crippen LogP contribution in [0, 0.1) is 35.0 Å². The van der Waals surface area contributed by atoms with Crippen molar-refractivity contribution in [3.63, 3.8) is 0 Å². The van der Waals surface area contributed by atoms with Crippen molar-refractivity contribution in [3.8, 4) is 0 Å². The topological polar surface area (TPSA) is 21.7 Å². The molecule has 1 aliphatic heterocycles. The van der Waals surface area contributed by atoms with Gasteiger partial charge in [0.05, 0.1) is 13.2 Å². The molecular weight excluding hydrogens is 310 g/mol. The fourth-order valence-electron chi connectivity index (χ4n) is 8.18. The zero-order valence-electron chi connectivity index (χ0n) is 16.5. The summed E-state index contributed by atoms with van der Waals surface area (Å²) in [7, 11) is 4.56. The molecule has 3 nitrogen and oxygen atoms in total. The predicted molar refractivity (Wildman–Crippen MR) is 99.2 cm³/mol. The van der Waals surface area contributed by atoms with E-state index in [2.05, 4.69) is 25.9 Å². The summed E-state index contributed by atoms with van der Waals surface area (Å²) in [6.45, 7) is 4.14. The summed E-state index contributed by atoms with van der Waals surface area (Å²) >= 11 is 0. The second-order valence-corrected chi connectivity index (χ2v) is 10.3. The monoisotopic (exact) mass is 347 g/mol. The molecule has 4 saturated carbocycles. The lowest BCUT2D eigenvalue weighted by Gasteiger charge is -2.57. The van der Waals surface area contributed by atoms with Gasteiger partial charge in [-0.15, -0.1) is 0 Å². The summed E-state index contributed by atoms with van der Waals surface area (Å²) in [4.78, 5) is 2.48. The summed E-state index contributed by atoms with van der Waals surface area (Å²) in [5.41, 5.74) is 0.276. The third kappa shape index (κ3) is 2.34. The van der Waals surface area contributed by atoms with E-state index in [0.29, 0.717) is 0 Å². The molecule has 5 rings (SSSR count). The van der Waals surface area contributed by atoms with Crippen molar-refractivity contribution in [3.05, 3.63) is 0 Å². The first kappa shape index (κ1) is 17.0. The van der Waals surface area contributed by atoms with Gasteiger partial charge in [0, 0.05) is 17.9 Å². The minimum Gasteiger partial charge on any atom is -0.347 e.